The minimum Gasteiger partial charge on any atom is -0.454 e. The van der Waals surface area contributed by atoms with Gasteiger partial charge in [-0.1, -0.05) is 38.1 Å². The van der Waals surface area contributed by atoms with Gasteiger partial charge in [0.25, 0.3) is 0 Å². The summed E-state index contributed by atoms with van der Waals surface area (Å²) in [4.78, 5) is 0. The fourth-order valence-electron chi connectivity index (χ4n) is 1.71. The van der Waals surface area contributed by atoms with Crippen molar-refractivity contribution >= 4 is 0 Å². The average Bonchev–Trinajstić information content (AvgIpc) is 2.36. The van der Waals surface area contributed by atoms with Gasteiger partial charge in [-0.25, -0.2) is 4.39 Å². The monoisotopic (exact) mass is 248 g/mol. The Kier molecular flexibility index (Phi) is 3.60. The zero-order chi connectivity index (χ0) is 13.1. The highest BCUT2D eigenvalue weighted by atomic mass is 19.2. The maximum absolute atomic E-state index is 13.8. The first-order valence-electron chi connectivity index (χ1n) is 5.80. The summed E-state index contributed by atoms with van der Waals surface area (Å²) < 4.78 is 32.5. The molecule has 0 saturated heterocycles. The van der Waals surface area contributed by atoms with Gasteiger partial charge >= 0.3 is 0 Å². The van der Waals surface area contributed by atoms with E-state index < -0.39 is 11.6 Å². The minimum atomic E-state index is -0.940. The zero-order valence-electron chi connectivity index (χ0n) is 10.3. The van der Waals surface area contributed by atoms with E-state index >= 15 is 0 Å². The lowest BCUT2D eigenvalue weighted by Crippen LogP contribution is -1.99. The second-order valence-corrected chi connectivity index (χ2v) is 4.35. The molecule has 1 nitrogen and oxygen atoms in total. The first kappa shape index (κ1) is 12.6. The van der Waals surface area contributed by atoms with Crippen LogP contribution in [-0.2, 0) is 0 Å². The van der Waals surface area contributed by atoms with Crippen LogP contribution in [0, 0.1) is 11.6 Å². The summed E-state index contributed by atoms with van der Waals surface area (Å²) in [6, 6.07) is 11.5. The Morgan fingerprint density at radius 1 is 0.944 bits per heavy atom. The van der Waals surface area contributed by atoms with Crippen molar-refractivity contribution in [2.24, 2.45) is 0 Å². The van der Waals surface area contributed by atoms with Crippen molar-refractivity contribution in [2.45, 2.75) is 19.8 Å². The van der Waals surface area contributed by atoms with Crippen molar-refractivity contribution in [1.29, 1.82) is 0 Å². The van der Waals surface area contributed by atoms with E-state index in [1.807, 2.05) is 19.9 Å². The number of hydrogen-bond acceptors (Lipinski definition) is 1. The number of rotatable bonds is 3. The largest absolute Gasteiger partial charge is 0.454 e. The smallest absolute Gasteiger partial charge is 0.201 e. The summed E-state index contributed by atoms with van der Waals surface area (Å²) in [5, 5.41) is 0. The molecule has 0 amide bonds. The number of para-hydroxylation sites is 1. The molecule has 2 rings (SSSR count). The molecular formula is C15H14F2O. The summed E-state index contributed by atoms with van der Waals surface area (Å²) in [5.74, 6) is -1.32. The Morgan fingerprint density at radius 2 is 1.61 bits per heavy atom. The lowest BCUT2D eigenvalue weighted by molar-refractivity contribution is 0.408. The summed E-state index contributed by atoms with van der Waals surface area (Å²) in [5.41, 5.74) is 0.651. The summed E-state index contributed by atoms with van der Waals surface area (Å²) >= 11 is 0. The van der Waals surface area contributed by atoms with Crippen LogP contribution in [0.5, 0.6) is 11.5 Å². The molecule has 2 aromatic carbocycles. The second kappa shape index (κ2) is 5.17. The van der Waals surface area contributed by atoms with E-state index in [0.29, 0.717) is 11.3 Å². The Bertz CT molecular complexity index is 536. The predicted molar refractivity (Wildman–Crippen MR) is 67.0 cm³/mol. The van der Waals surface area contributed by atoms with Crippen LogP contribution in [0.15, 0.2) is 42.5 Å². The molecule has 0 aliphatic heterocycles. The van der Waals surface area contributed by atoms with Crippen LogP contribution in [0.25, 0.3) is 0 Å². The van der Waals surface area contributed by atoms with E-state index in [0.717, 1.165) is 6.07 Å². The molecular weight excluding hydrogens is 234 g/mol. The molecule has 0 N–H and O–H groups in total. The molecule has 0 unspecified atom stereocenters. The van der Waals surface area contributed by atoms with Crippen molar-refractivity contribution in [3.8, 4) is 11.5 Å². The van der Waals surface area contributed by atoms with Crippen molar-refractivity contribution in [2.75, 3.05) is 0 Å². The van der Waals surface area contributed by atoms with Crippen molar-refractivity contribution < 1.29 is 13.5 Å². The van der Waals surface area contributed by atoms with Crippen LogP contribution < -0.4 is 4.74 Å². The lowest BCUT2D eigenvalue weighted by Gasteiger charge is -2.14. The molecule has 0 bridgehead atoms. The van der Waals surface area contributed by atoms with Crippen molar-refractivity contribution in [3.05, 3.63) is 59.7 Å². The van der Waals surface area contributed by atoms with Gasteiger partial charge in [0.1, 0.15) is 5.75 Å². The topological polar surface area (TPSA) is 9.23 Å². The molecule has 94 valence electrons. The number of hydrogen-bond donors (Lipinski definition) is 0. The van der Waals surface area contributed by atoms with E-state index in [2.05, 4.69) is 0 Å². The van der Waals surface area contributed by atoms with Gasteiger partial charge in [0.2, 0.25) is 5.82 Å². The molecule has 0 heterocycles. The van der Waals surface area contributed by atoms with E-state index in [1.165, 1.54) is 0 Å². The van der Waals surface area contributed by atoms with Crippen LogP contribution in [0.3, 0.4) is 0 Å². The van der Waals surface area contributed by atoms with E-state index in [-0.39, 0.29) is 11.7 Å². The van der Waals surface area contributed by atoms with Crippen LogP contribution in [0.2, 0.25) is 0 Å². The van der Waals surface area contributed by atoms with Gasteiger partial charge in [-0.3, -0.25) is 0 Å². The molecule has 18 heavy (non-hydrogen) atoms. The Hall–Kier alpha value is -1.90. The normalized spacial score (nSPS) is 10.7. The quantitative estimate of drug-likeness (QED) is 0.752. The molecule has 3 heteroatoms. The first-order chi connectivity index (χ1) is 8.59. The SMILES string of the molecule is CC(C)c1ccc(F)c(F)c1Oc1ccccc1. The molecule has 0 fully saturated rings. The van der Waals surface area contributed by atoms with Crippen molar-refractivity contribution in [3.63, 3.8) is 0 Å². The number of benzene rings is 2. The van der Waals surface area contributed by atoms with E-state index in [4.69, 9.17) is 4.74 Å². The number of halogens is 2. The van der Waals surface area contributed by atoms with Crippen LogP contribution in [-0.4, -0.2) is 0 Å². The van der Waals surface area contributed by atoms with Gasteiger partial charge in [-0.2, -0.15) is 4.39 Å². The molecule has 0 aliphatic carbocycles. The fraction of sp³-hybridized carbons (Fsp3) is 0.200. The summed E-state index contributed by atoms with van der Waals surface area (Å²) in [7, 11) is 0. The predicted octanol–water partition coefficient (Wildman–Crippen LogP) is 4.88. The third-order valence-electron chi connectivity index (χ3n) is 2.67. The Balaban J connectivity index is 2.45. The van der Waals surface area contributed by atoms with E-state index in [1.54, 1.807) is 30.3 Å². The summed E-state index contributed by atoms with van der Waals surface area (Å²) in [6.07, 6.45) is 0. The Morgan fingerprint density at radius 3 is 2.22 bits per heavy atom. The van der Waals surface area contributed by atoms with Gasteiger partial charge in [-0.15, -0.1) is 0 Å². The molecule has 0 aromatic heterocycles. The van der Waals surface area contributed by atoms with Gasteiger partial charge in [0.05, 0.1) is 0 Å². The Labute approximate surface area is 105 Å². The fourth-order valence-corrected chi connectivity index (χ4v) is 1.71. The highest BCUT2D eigenvalue weighted by molar-refractivity contribution is 5.41. The van der Waals surface area contributed by atoms with Gasteiger partial charge in [0, 0.05) is 5.56 Å². The maximum Gasteiger partial charge on any atom is 0.201 e. The maximum atomic E-state index is 13.8. The zero-order valence-corrected chi connectivity index (χ0v) is 10.3. The first-order valence-corrected chi connectivity index (χ1v) is 5.80. The molecule has 0 atom stereocenters. The highest BCUT2D eigenvalue weighted by Gasteiger charge is 2.17. The summed E-state index contributed by atoms with van der Waals surface area (Å²) in [6.45, 7) is 3.81. The average molecular weight is 248 g/mol. The second-order valence-electron chi connectivity index (χ2n) is 4.35. The number of ether oxygens (including phenoxy) is 1. The van der Waals surface area contributed by atoms with Gasteiger partial charge in [0.15, 0.2) is 11.6 Å². The molecule has 0 saturated carbocycles. The molecule has 0 radical (unpaired) electrons. The van der Waals surface area contributed by atoms with Crippen LogP contribution in [0.4, 0.5) is 8.78 Å². The van der Waals surface area contributed by atoms with Crippen LogP contribution >= 0.6 is 0 Å². The van der Waals surface area contributed by atoms with Crippen molar-refractivity contribution in [1.82, 2.24) is 0 Å². The minimum absolute atomic E-state index is 0.0313. The third-order valence-corrected chi connectivity index (χ3v) is 2.67. The standard InChI is InChI=1S/C15H14F2O/c1-10(2)12-8-9-13(16)14(17)15(12)18-11-6-4-3-5-7-11/h3-10H,1-2H3. The molecule has 2 aromatic rings. The van der Waals surface area contributed by atoms with E-state index in [9.17, 15) is 8.78 Å². The highest BCUT2D eigenvalue weighted by Crippen LogP contribution is 2.34. The van der Waals surface area contributed by atoms with Gasteiger partial charge < -0.3 is 4.74 Å². The lowest BCUT2D eigenvalue weighted by atomic mass is 10.0. The third kappa shape index (κ3) is 2.50. The molecule has 0 aliphatic rings. The molecule has 0 spiro atoms. The van der Waals surface area contributed by atoms with Gasteiger partial charge in [-0.05, 0) is 24.1 Å². The van der Waals surface area contributed by atoms with Crippen LogP contribution in [0.1, 0.15) is 25.3 Å².